The molecule has 3 aromatic rings. The van der Waals surface area contributed by atoms with Gasteiger partial charge < -0.3 is 9.32 Å². The number of benzene rings is 1. The molecular weight excluding hydrogens is 470 g/mol. The SMILES string of the molecule is Cc1ccc(S(=O)(=O)N2CCC(c3nc(C(=O)N(C)Cc4ccco4)cs3)CC2)cc1Cl. The van der Waals surface area contributed by atoms with E-state index in [1.165, 1.54) is 21.7 Å². The van der Waals surface area contributed by atoms with Crippen LogP contribution in [0.1, 0.15) is 45.6 Å². The highest BCUT2D eigenvalue weighted by Gasteiger charge is 2.31. The Balaban J connectivity index is 1.39. The number of furan rings is 1. The van der Waals surface area contributed by atoms with E-state index >= 15 is 0 Å². The second kappa shape index (κ2) is 9.35. The summed E-state index contributed by atoms with van der Waals surface area (Å²) in [7, 11) is -1.88. The van der Waals surface area contributed by atoms with Crippen LogP contribution in [-0.2, 0) is 16.6 Å². The van der Waals surface area contributed by atoms with E-state index in [1.807, 2.05) is 13.0 Å². The molecule has 0 spiro atoms. The molecule has 0 bridgehead atoms. The van der Waals surface area contributed by atoms with Gasteiger partial charge in [0.1, 0.15) is 11.5 Å². The second-order valence-electron chi connectivity index (χ2n) is 7.90. The molecule has 0 N–H and O–H groups in total. The van der Waals surface area contributed by atoms with Crippen LogP contribution in [0.4, 0.5) is 0 Å². The molecule has 10 heteroatoms. The Labute approximate surface area is 196 Å². The van der Waals surface area contributed by atoms with E-state index in [-0.39, 0.29) is 16.7 Å². The normalized spacial score (nSPS) is 15.7. The molecule has 1 amide bonds. The fraction of sp³-hybridized carbons (Fsp3) is 0.364. The predicted molar refractivity (Wildman–Crippen MR) is 124 cm³/mol. The number of aryl methyl sites for hydroxylation is 1. The molecule has 1 fully saturated rings. The molecular formula is C22H24ClN3O4S2. The number of thiazole rings is 1. The third kappa shape index (κ3) is 4.76. The van der Waals surface area contributed by atoms with Crippen molar-refractivity contribution in [3.63, 3.8) is 0 Å². The Morgan fingerprint density at radius 3 is 2.72 bits per heavy atom. The third-order valence-corrected chi connectivity index (χ3v) is 8.95. The minimum absolute atomic E-state index is 0.130. The van der Waals surface area contributed by atoms with E-state index in [2.05, 4.69) is 4.98 Å². The van der Waals surface area contributed by atoms with E-state index in [4.69, 9.17) is 16.0 Å². The van der Waals surface area contributed by atoms with Gasteiger partial charge in [-0.05, 0) is 49.6 Å². The molecule has 0 unspecified atom stereocenters. The van der Waals surface area contributed by atoms with Crippen LogP contribution in [0.15, 0.2) is 51.3 Å². The first-order valence-electron chi connectivity index (χ1n) is 10.3. The zero-order chi connectivity index (χ0) is 22.9. The number of carbonyl (C=O) groups excluding carboxylic acids is 1. The van der Waals surface area contributed by atoms with Gasteiger partial charge in [-0.3, -0.25) is 4.79 Å². The van der Waals surface area contributed by atoms with Gasteiger partial charge in [0.25, 0.3) is 5.91 Å². The largest absolute Gasteiger partial charge is 0.467 e. The molecule has 0 aliphatic carbocycles. The van der Waals surface area contributed by atoms with Crippen LogP contribution < -0.4 is 0 Å². The molecule has 2 aromatic heterocycles. The molecule has 0 radical (unpaired) electrons. The number of piperidine rings is 1. The number of sulfonamides is 1. The maximum atomic E-state index is 13.0. The van der Waals surface area contributed by atoms with Crippen LogP contribution in [-0.4, -0.2) is 48.7 Å². The summed E-state index contributed by atoms with van der Waals surface area (Å²) in [6, 6.07) is 8.44. The van der Waals surface area contributed by atoms with Crippen LogP contribution in [0.3, 0.4) is 0 Å². The monoisotopic (exact) mass is 493 g/mol. The lowest BCUT2D eigenvalue weighted by Crippen LogP contribution is -2.37. The van der Waals surface area contributed by atoms with Crippen molar-refractivity contribution in [2.45, 2.75) is 37.1 Å². The fourth-order valence-electron chi connectivity index (χ4n) is 3.70. The average Bonchev–Trinajstić information content (AvgIpc) is 3.47. The van der Waals surface area contributed by atoms with Crippen molar-refractivity contribution in [2.24, 2.45) is 0 Å². The van der Waals surface area contributed by atoms with Crippen molar-refractivity contribution in [3.05, 3.63) is 69.0 Å². The summed E-state index contributed by atoms with van der Waals surface area (Å²) >= 11 is 7.58. The van der Waals surface area contributed by atoms with Gasteiger partial charge in [-0.15, -0.1) is 11.3 Å². The minimum atomic E-state index is -3.59. The summed E-state index contributed by atoms with van der Waals surface area (Å²) in [6.07, 6.45) is 2.89. The number of halogens is 1. The van der Waals surface area contributed by atoms with Crippen molar-refractivity contribution < 1.29 is 17.6 Å². The first-order chi connectivity index (χ1) is 15.3. The lowest BCUT2D eigenvalue weighted by Gasteiger charge is -2.30. The molecule has 3 heterocycles. The average molecular weight is 494 g/mol. The molecule has 0 atom stereocenters. The number of rotatable bonds is 6. The number of nitrogens with zero attached hydrogens (tertiary/aromatic N) is 3. The summed E-state index contributed by atoms with van der Waals surface area (Å²) in [6.45, 7) is 3.02. The number of carbonyl (C=O) groups is 1. The van der Waals surface area contributed by atoms with Crippen molar-refractivity contribution in [2.75, 3.05) is 20.1 Å². The molecule has 1 aromatic carbocycles. The summed E-state index contributed by atoms with van der Waals surface area (Å²) in [5.41, 5.74) is 1.25. The van der Waals surface area contributed by atoms with Crippen molar-refractivity contribution >= 4 is 38.9 Å². The fourth-order valence-corrected chi connectivity index (χ4v) is 6.41. The summed E-state index contributed by atoms with van der Waals surface area (Å²) in [5, 5.41) is 3.08. The van der Waals surface area contributed by atoms with E-state index in [0.29, 0.717) is 49.0 Å². The van der Waals surface area contributed by atoms with Crippen LogP contribution in [0, 0.1) is 6.92 Å². The summed E-state index contributed by atoms with van der Waals surface area (Å²) < 4.78 is 32.8. The first kappa shape index (κ1) is 23.0. The standard InChI is InChI=1S/C22H24ClN3O4S2/c1-15-5-6-18(12-19(15)23)32(28,29)26-9-7-16(8-10-26)21-24-20(14-31-21)22(27)25(2)13-17-4-3-11-30-17/h3-6,11-12,14,16H,7-10,13H2,1-2H3. The highest BCUT2D eigenvalue weighted by Crippen LogP contribution is 2.33. The Morgan fingerprint density at radius 2 is 2.06 bits per heavy atom. The van der Waals surface area contributed by atoms with Gasteiger partial charge in [0, 0.05) is 36.5 Å². The highest BCUT2D eigenvalue weighted by atomic mass is 35.5. The van der Waals surface area contributed by atoms with E-state index < -0.39 is 10.0 Å². The van der Waals surface area contributed by atoms with Gasteiger partial charge >= 0.3 is 0 Å². The molecule has 7 nitrogen and oxygen atoms in total. The van der Waals surface area contributed by atoms with Gasteiger partial charge in [0.15, 0.2) is 0 Å². The highest BCUT2D eigenvalue weighted by molar-refractivity contribution is 7.89. The predicted octanol–water partition coefficient (Wildman–Crippen LogP) is 4.54. The van der Waals surface area contributed by atoms with E-state index in [9.17, 15) is 13.2 Å². The Kier molecular flexibility index (Phi) is 6.71. The number of aromatic nitrogens is 1. The maximum Gasteiger partial charge on any atom is 0.273 e. The molecule has 1 aliphatic heterocycles. The molecule has 32 heavy (non-hydrogen) atoms. The Bertz CT molecular complexity index is 1200. The van der Waals surface area contributed by atoms with Crippen LogP contribution >= 0.6 is 22.9 Å². The molecule has 1 saturated heterocycles. The van der Waals surface area contributed by atoms with Crippen molar-refractivity contribution in [1.82, 2.24) is 14.2 Å². The maximum absolute atomic E-state index is 13.0. The number of amides is 1. The van der Waals surface area contributed by atoms with Gasteiger partial charge in [-0.1, -0.05) is 17.7 Å². The topological polar surface area (TPSA) is 83.7 Å². The first-order valence-corrected chi connectivity index (χ1v) is 12.9. The molecule has 170 valence electrons. The van der Waals surface area contributed by atoms with Gasteiger partial charge in [0.2, 0.25) is 10.0 Å². The zero-order valence-corrected chi connectivity index (χ0v) is 20.2. The number of hydrogen-bond donors (Lipinski definition) is 0. The van der Waals surface area contributed by atoms with Crippen molar-refractivity contribution in [1.29, 1.82) is 0 Å². The molecule has 0 saturated carbocycles. The third-order valence-electron chi connectivity index (χ3n) is 5.65. The van der Waals surface area contributed by atoms with Gasteiger partial charge in [-0.25, -0.2) is 13.4 Å². The lowest BCUT2D eigenvalue weighted by atomic mass is 9.99. The lowest BCUT2D eigenvalue weighted by molar-refractivity contribution is 0.0770. The Hall–Kier alpha value is -2.20. The number of hydrogen-bond acceptors (Lipinski definition) is 6. The molecule has 1 aliphatic rings. The Morgan fingerprint density at radius 1 is 1.31 bits per heavy atom. The van der Waals surface area contributed by atoms with Crippen LogP contribution in [0.2, 0.25) is 5.02 Å². The van der Waals surface area contributed by atoms with Crippen LogP contribution in [0.25, 0.3) is 0 Å². The zero-order valence-electron chi connectivity index (χ0n) is 17.8. The smallest absolute Gasteiger partial charge is 0.273 e. The van der Waals surface area contributed by atoms with Gasteiger partial charge in [0.05, 0.1) is 22.7 Å². The summed E-state index contributed by atoms with van der Waals surface area (Å²) in [5.74, 6) is 0.671. The quantitative estimate of drug-likeness (QED) is 0.503. The summed E-state index contributed by atoms with van der Waals surface area (Å²) in [4.78, 5) is 19.0. The second-order valence-corrected chi connectivity index (χ2v) is 11.1. The van der Waals surface area contributed by atoms with E-state index in [0.717, 1.165) is 10.6 Å². The van der Waals surface area contributed by atoms with E-state index in [1.54, 1.807) is 41.8 Å². The molecule has 4 rings (SSSR count). The minimum Gasteiger partial charge on any atom is -0.467 e. The van der Waals surface area contributed by atoms with Gasteiger partial charge in [-0.2, -0.15) is 4.31 Å². The van der Waals surface area contributed by atoms with Crippen LogP contribution in [0.5, 0.6) is 0 Å². The van der Waals surface area contributed by atoms with Crippen molar-refractivity contribution in [3.8, 4) is 0 Å².